The molecule has 8 heteroatoms. The van der Waals surface area contributed by atoms with E-state index >= 15 is 0 Å². The number of benzene rings is 2. The molecule has 0 spiro atoms. The minimum absolute atomic E-state index is 0.141. The minimum Gasteiger partial charge on any atom is -0.504 e. The molecule has 2 rings (SSSR count). The van der Waals surface area contributed by atoms with Crippen LogP contribution in [0.15, 0.2) is 42.5 Å². The first kappa shape index (κ1) is 22.8. The third kappa shape index (κ3) is 6.82. The molecule has 0 heterocycles. The zero-order valence-corrected chi connectivity index (χ0v) is 16.7. The van der Waals surface area contributed by atoms with Gasteiger partial charge in [0, 0.05) is 0 Å². The SMILES string of the molecule is CC(C)OC(=O)[C@@H](Cc1ccc(O)c(O)c1)NCC(=O)C=Cc1ccc(O)c(O)c1. The fraction of sp³-hybridized carbons (Fsp3) is 0.273. The van der Waals surface area contributed by atoms with Gasteiger partial charge in [0.15, 0.2) is 28.8 Å². The number of hydrogen-bond donors (Lipinski definition) is 5. The van der Waals surface area contributed by atoms with Crippen LogP contribution < -0.4 is 5.32 Å². The molecule has 2 aromatic carbocycles. The van der Waals surface area contributed by atoms with Crippen molar-refractivity contribution in [3.63, 3.8) is 0 Å². The standard InChI is InChI=1S/C22H25NO7/c1-13(2)30-22(29)17(9-15-5-8-19(26)21(28)11-15)23-12-16(24)6-3-14-4-7-18(25)20(27)10-14/h3-8,10-11,13,17,23,25-28H,9,12H2,1-2H3/t17-/m1/s1. The fourth-order valence-electron chi connectivity index (χ4n) is 2.60. The Morgan fingerprint density at radius 1 is 0.967 bits per heavy atom. The molecular formula is C22H25NO7. The van der Waals surface area contributed by atoms with Gasteiger partial charge in [0.05, 0.1) is 12.6 Å². The first-order valence-electron chi connectivity index (χ1n) is 9.33. The van der Waals surface area contributed by atoms with E-state index in [2.05, 4.69) is 5.32 Å². The summed E-state index contributed by atoms with van der Waals surface area (Å²) in [6.45, 7) is 3.27. The summed E-state index contributed by atoms with van der Waals surface area (Å²) in [7, 11) is 0. The van der Waals surface area contributed by atoms with Gasteiger partial charge in [-0.2, -0.15) is 0 Å². The molecule has 0 amide bonds. The van der Waals surface area contributed by atoms with Gasteiger partial charge in [-0.25, -0.2) is 0 Å². The van der Waals surface area contributed by atoms with Crippen molar-refractivity contribution >= 4 is 17.8 Å². The Kier molecular flexibility index (Phi) is 7.83. The van der Waals surface area contributed by atoms with Gasteiger partial charge in [0.2, 0.25) is 0 Å². The molecular weight excluding hydrogens is 390 g/mol. The predicted molar refractivity (Wildman–Crippen MR) is 110 cm³/mol. The Morgan fingerprint density at radius 2 is 1.60 bits per heavy atom. The van der Waals surface area contributed by atoms with E-state index in [-0.39, 0.29) is 47.9 Å². The highest BCUT2D eigenvalue weighted by atomic mass is 16.5. The van der Waals surface area contributed by atoms with Gasteiger partial charge in [-0.1, -0.05) is 18.2 Å². The third-order valence-corrected chi connectivity index (χ3v) is 4.10. The molecule has 0 aromatic heterocycles. The van der Waals surface area contributed by atoms with Crippen molar-refractivity contribution < 1.29 is 34.8 Å². The van der Waals surface area contributed by atoms with Crippen molar-refractivity contribution in [2.24, 2.45) is 0 Å². The van der Waals surface area contributed by atoms with Crippen molar-refractivity contribution in [1.82, 2.24) is 5.32 Å². The summed E-state index contributed by atoms with van der Waals surface area (Å²) in [6.07, 6.45) is 2.56. The fourth-order valence-corrected chi connectivity index (χ4v) is 2.60. The van der Waals surface area contributed by atoms with E-state index in [0.29, 0.717) is 11.1 Å². The van der Waals surface area contributed by atoms with E-state index in [1.165, 1.54) is 42.5 Å². The summed E-state index contributed by atoms with van der Waals surface area (Å²) in [5.41, 5.74) is 1.10. The molecule has 0 saturated carbocycles. The molecule has 30 heavy (non-hydrogen) atoms. The van der Waals surface area contributed by atoms with E-state index in [4.69, 9.17) is 4.74 Å². The maximum atomic E-state index is 12.4. The summed E-state index contributed by atoms with van der Waals surface area (Å²) in [4.78, 5) is 24.6. The van der Waals surface area contributed by atoms with Crippen molar-refractivity contribution in [2.45, 2.75) is 32.4 Å². The highest BCUT2D eigenvalue weighted by Crippen LogP contribution is 2.26. The van der Waals surface area contributed by atoms with Crippen LogP contribution in [0.3, 0.4) is 0 Å². The van der Waals surface area contributed by atoms with Crippen LogP contribution in [0.4, 0.5) is 0 Å². The number of phenols is 4. The second kappa shape index (κ2) is 10.3. The molecule has 5 N–H and O–H groups in total. The van der Waals surface area contributed by atoms with Gasteiger partial charge in [0.1, 0.15) is 6.04 Å². The van der Waals surface area contributed by atoms with Crippen LogP contribution in [0.2, 0.25) is 0 Å². The number of ketones is 1. The lowest BCUT2D eigenvalue weighted by molar-refractivity contribution is -0.149. The van der Waals surface area contributed by atoms with Crippen molar-refractivity contribution in [3.8, 4) is 23.0 Å². The molecule has 2 aromatic rings. The summed E-state index contributed by atoms with van der Waals surface area (Å²) in [6, 6.07) is 7.53. The van der Waals surface area contributed by atoms with Crippen LogP contribution in [0.25, 0.3) is 6.08 Å². The molecule has 0 radical (unpaired) electrons. The van der Waals surface area contributed by atoms with Crippen molar-refractivity contribution in [1.29, 1.82) is 0 Å². The lowest BCUT2D eigenvalue weighted by Gasteiger charge is -2.19. The van der Waals surface area contributed by atoms with Crippen molar-refractivity contribution in [2.75, 3.05) is 6.54 Å². The Labute approximate surface area is 174 Å². The first-order chi connectivity index (χ1) is 14.2. The number of esters is 1. The van der Waals surface area contributed by atoms with Crippen LogP contribution in [-0.4, -0.2) is 50.9 Å². The molecule has 0 unspecified atom stereocenters. The number of carbonyl (C=O) groups is 2. The quantitative estimate of drug-likeness (QED) is 0.239. The third-order valence-electron chi connectivity index (χ3n) is 4.10. The number of phenolic OH excluding ortho intramolecular Hbond substituents is 4. The van der Waals surface area contributed by atoms with Crippen LogP contribution >= 0.6 is 0 Å². The Morgan fingerprint density at radius 3 is 2.20 bits per heavy atom. The Bertz CT molecular complexity index is 937. The summed E-state index contributed by atoms with van der Waals surface area (Å²) in [5.74, 6) is -1.99. The van der Waals surface area contributed by atoms with E-state index in [0.717, 1.165) is 0 Å². The van der Waals surface area contributed by atoms with E-state index in [1.807, 2.05) is 0 Å². The highest BCUT2D eigenvalue weighted by Gasteiger charge is 2.22. The van der Waals surface area contributed by atoms with Gasteiger partial charge in [-0.05, 0) is 61.7 Å². The maximum Gasteiger partial charge on any atom is 0.323 e. The summed E-state index contributed by atoms with van der Waals surface area (Å²) < 4.78 is 5.23. The average Bonchev–Trinajstić information content (AvgIpc) is 2.68. The number of nitrogens with one attached hydrogen (secondary N) is 1. The molecule has 0 fully saturated rings. The number of rotatable bonds is 9. The summed E-state index contributed by atoms with van der Waals surface area (Å²) in [5, 5.41) is 40.7. The normalized spacial score (nSPS) is 12.2. The molecule has 160 valence electrons. The monoisotopic (exact) mass is 415 g/mol. The topological polar surface area (TPSA) is 136 Å². The molecule has 8 nitrogen and oxygen atoms in total. The second-order valence-corrected chi connectivity index (χ2v) is 6.99. The molecule has 0 bridgehead atoms. The van der Waals surface area contributed by atoms with Crippen molar-refractivity contribution in [3.05, 3.63) is 53.6 Å². The van der Waals surface area contributed by atoms with Crippen LogP contribution in [0, 0.1) is 0 Å². The molecule has 0 saturated heterocycles. The highest BCUT2D eigenvalue weighted by molar-refractivity contribution is 5.95. The van der Waals surface area contributed by atoms with Gasteiger partial charge in [0.25, 0.3) is 0 Å². The van der Waals surface area contributed by atoms with Gasteiger partial charge < -0.3 is 25.2 Å². The first-order valence-corrected chi connectivity index (χ1v) is 9.33. The largest absolute Gasteiger partial charge is 0.504 e. The number of carbonyl (C=O) groups excluding carboxylic acids is 2. The van der Waals surface area contributed by atoms with Gasteiger partial charge >= 0.3 is 5.97 Å². The van der Waals surface area contributed by atoms with E-state index in [1.54, 1.807) is 19.9 Å². The average molecular weight is 415 g/mol. The Hall–Kier alpha value is -3.52. The van der Waals surface area contributed by atoms with Crippen LogP contribution in [-0.2, 0) is 20.7 Å². The van der Waals surface area contributed by atoms with Crippen LogP contribution in [0.1, 0.15) is 25.0 Å². The Balaban J connectivity index is 2.04. The summed E-state index contributed by atoms with van der Waals surface area (Å²) >= 11 is 0. The minimum atomic E-state index is -0.841. The molecule has 1 atom stereocenters. The van der Waals surface area contributed by atoms with E-state index < -0.39 is 12.0 Å². The maximum absolute atomic E-state index is 12.4. The van der Waals surface area contributed by atoms with Gasteiger partial charge in [-0.3, -0.25) is 14.9 Å². The lowest BCUT2D eigenvalue weighted by Crippen LogP contribution is -2.42. The predicted octanol–water partition coefficient (Wildman–Crippen LogP) is 2.24. The number of aromatic hydroxyl groups is 4. The zero-order valence-electron chi connectivity index (χ0n) is 16.7. The lowest BCUT2D eigenvalue weighted by atomic mass is 10.0. The van der Waals surface area contributed by atoms with Gasteiger partial charge in [-0.15, -0.1) is 0 Å². The zero-order chi connectivity index (χ0) is 22.3. The smallest absolute Gasteiger partial charge is 0.323 e. The molecule has 0 aliphatic heterocycles. The van der Waals surface area contributed by atoms with E-state index in [9.17, 15) is 30.0 Å². The second-order valence-electron chi connectivity index (χ2n) is 6.99. The molecule has 0 aliphatic rings. The number of hydrogen-bond acceptors (Lipinski definition) is 8. The van der Waals surface area contributed by atoms with Crippen LogP contribution in [0.5, 0.6) is 23.0 Å². The molecule has 0 aliphatic carbocycles. The number of ether oxygens (including phenoxy) is 1.